The van der Waals surface area contributed by atoms with Crippen LogP contribution in [-0.2, 0) is 6.42 Å². The second kappa shape index (κ2) is 3.96. The van der Waals surface area contributed by atoms with Crippen LogP contribution in [0.25, 0.3) is 0 Å². The molecule has 0 bridgehead atoms. The van der Waals surface area contributed by atoms with Crippen molar-refractivity contribution in [2.75, 3.05) is 0 Å². The minimum atomic E-state index is -4.34. The minimum Gasteiger partial charge on any atom is -0.320 e. The maximum absolute atomic E-state index is 12.1. The monoisotopic (exact) mass is 204 g/mol. The van der Waals surface area contributed by atoms with E-state index < -0.39 is 12.2 Å². The van der Waals surface area contributed by atoms with Gasteiger partial charge in [-0.3, -0.25) is 4.98 Å². The zero-order chi connectivity index (χ0) is 10.8. The summed E-state index contributed by atoms with van der Waals surface area (Å²) in [6, 6.07) is 1.46. The lowest BCUT2D eigenvalue weighted by Crippen LogP contribution is -2.39. The van der Waals surface area contributed by atoms with Gasteiger partial charge in [0.2, 0.25) is 0 Å². The Morgan fingerprint density at radius 2 is 2.07 bits per heavy atom. The molecule has 1 unspecified atom stereocenters. The first-order chi connectivity index (χ1) is 6.39. The third kappa shape index (κ3) is 2.99. The fourth-order valence-electron chi connectivity index (χ4n) is 0.989. The van der Waals surface area contributed by atoms with Crippen molar-refractivity contribution in [3.05, 3.63) is 29.6 Å². The number of aromatic nitrogens is 1. The topological polar surface area (TPSA) is 38.9 Å². The van der Waals surface area contributed by atoms with Gasteiger partial charge < -0.3 is 5.73 Å². The van der Waals surface area contributed by atoms with E-state index in [4.69, 9.17) is 5.73 Å². The lowest BCUT2D eigenvalue weighted by atomic mass is 10.1. The van der Waals surface area contributed by atoms with Gasteiger partial charge in [-0.2, -0.15) is 13.2 Å². The van der Waals surface area contributed by atoms with E-state index in [1.165, 1.54) is 6.20 Å². The third-order valence-corrected chi connectivity index (χ3v) is 1.85. The number of nitrogens with zero attached hydrogens (tertiary/aromatic N) is 1. The SMILES string of the molecule is Cc1ccc(CC(N)C(F)(F)F)cn1. The molecule has 0 saturated carbocycles. The summed E-state index contributed by atoms with van der Waals surface area (Å²) in [5.74, 6) is 0. The summed E-state index contributed by atoms with van der Waals surface area (Å²) in [7, 11) is 0. The van der Waals surface area contributed by atoms with Gasteiger partial charge in [-0.1, -0.05) is 6.07 Å². The molecule has 0 aromatic carbocycles. The summed E-state index contributed by atoms with van der Waals surface area (Å²) < 4.78 is 36.2. The highest BCUT2D eigenvalue weighted by atomic mass is 19.4. The summed E-state index contributed by atoms with van der Waals surface area (Å²) in [5, 5.41) is 0. The van der Waals surface area contributed by atoms with Crippen molar-refractivity contribution in [1.82, 2.24) is 4.98 Å². The summed E-state index contributed by atoms with van der Waals surface area (Å²) in [6.07, 6.45) is -3.15. The van der Waals surface area contributed by atoms with E-state index in [-0.39, 0.29) is 6.42 Å². The first-order valence-corrected chi connectivity index (χ1v) is 4.13. The summed E-state index contributed by atoms with van der Waals surface area (Å²) in [4.78, 5) is 3.89. The molecule has 2 nitrogen and oxygen atoms in total. The molecule has 2 N–H and O–H groups in total. The van der Waals surface area contributed by atoms with Crippen LogP contribution >= 0.6 is 0 Å². The van der Waals surface area contributed by atoms with E-state index in [2.05, 4.69) is 4.98 Å². The van der Waals surface area contributed by atoms with Crippen LogP contribution in [-0.4, -0.2) is 17.2 Å². The average Bonchev–Trinajstić information content (AvgIpc) is 2.07. The summed E-state index contributed by atoms with van der Waals surface area (Å²) in [6.45, 7) is 1.77. The molecule has 1 heterocycles. The van der Waals surface area contributed by atoms with Gasteiger partial charge in [-0.15, -0.1) is 0 Å². The van der Waals surface area contributed by atoms with Crippen LogP contribution in [0.1, 0.15) is 11.3 Å². The average molecular weight is 204 g/mol. The van der Waals surface area contributed by atoms with Gasteiger partial charge in [0.15, 0.2) is 0 Å². The zero-order valence-electron chi connectivity index (χ0n) is 7.67. The standard InChI is InChI=1S/C9H11F3N2/c1-6-2-3-7(5-14-6)4-8(13)9(10,11)12/h2-3,5,8H,4,13H2,1H3. The molecule has 1 aromatic heterocycles. The van der Waals surface area contributed by atoms with Crippen LogP contribution < -0.4 is 5.73 Å². The van der Waals surface area contributed by atoms with Gasteiger partial charge in [0.1, 0.15) is 6.04 Å². The molecule has 14 heavy (non-hydrogen) atoms. The predicted octanol–water partition coefficient (Wildman–Crippen LogP) is 1.82. The van der Waals surface area contributed by atoms with Crippen molar-refractivity contribution >= 4 is 0 Å². The molecule has 0 saturated heterocycles. The van der Waals surface area contributed by atoms with Crippen LogP contribution in [0.15, 0.2) is 18.3 Å². The number of aryl methyl sites for hydroxylation is 1. The Bertz CT molecular complexity index is 292. The van der Waals surface area contributed by atoms with Crippen molar-refractivity contribution in [2.24, 2.45) is 5.73 Å². The van der Waals surface area contributed by atoms with E-state index in [1.807, 2.05) is 0 Å². The first-order valence-electron chi connectivity index (χ1n) is 4.13. The van der Waals surface area contributed by atoms with Gasteiger partial charge in [-0.05, 0) is 25.0 Å². The molecule has 0 amide bonds. The normalized spacial score (nSPS) is 14.1. The van der Waals surface area contributed by atoms with Gasteiger partial charge >= 0.3 is 6.18 Å². The van der Waals surface area contributed by atoms with Crippen LogP contribution in [0.4, 0.5) is 13.2 Å². The predicted molar refractivity (Wildman–Crippen MR) is 46.7 cm³/mol. The molecule has 0 aliphatic heterocycles. The zero-order valence-corrected chi connectivity index (χ0v) is 7.67. The first kappa shape index (κ1) is 11.0. The van der Waals surface area contributed by atoms with Gasteiger partial charge in [-0.25, -0.2) is 0 Å². The third-order valence-electron chi connectivity index (χ3n) is 1.85. The van der Waals surface area contributed by atoms with Crippen molar-refractivity contribution in [1.29, 1.82) is 0 Å². The Hall–Kier alpha value is -1.10. The molecule has 5 heteroatoms. The smallest absolute Gasteiger partial charge is 0.320 e. The fourth-order valence-corrected chi connectivity index (χ4v) is 0.989. The number of rotatable bonds is 2. The van der Waals surface area contributed by atoms with Crippen LogP contribution in [0.5, 0.6) is 0 Å². The molecule has 0 radical (unpaired) electrons. The van der Waals surface area contributed by atoms with Crippen molar-refractivity contribution in [3.8, 4) is 0 Å². The molecular weight excluding hydrogens is 193 g/mol. The Kier molecular flexibility index (Phi) is 3.10. The van der Waals surface area contributed by atoms with Crippen molar-refractivity contribution in [3.63, 3.8) is 0 Å². The highest BCUT2D eigenvalue weighted by molar-refractivity contribution is 5.14. The van der Waals surface area contributed by atoms with Crippen LogP contribution in [0, 0.1) is 6.92 Å². The van der Waals surface area contributed by atoms with Crippen molar-refractivity contribution < 1.29 is 13.2 Å². The molecule has 1 atom stereocenters. The molecule has 1 aromatic rings. The molecule has 0 fully saturated rings. The fraction of sp³-hybridized carbons (Fsp3) is 0.444. The Balaban J connectivity index is 2.65. The number of pyridine rings is 1. The number of nitrogens with two attached hydrogens (primary N) is 1. The van der Waals surface area contributed by atoms with E-state index >= 15 is 0 Å². The highest BCUT2D eigenvalue weighted by Gasteiger charge is 2.36. The molecular formula is C9H11F3N2. The Morgan fingerprint density at radius 3 is 2.50 bits per heavy atom. The van der Waals surface area contributed by atoms with Gasteiger partial charge in [0.25, 0.3) is 0 Å². The Morgan fingerprint density at radius 1 is 1.43 bits per heavy atom. The summed E-state index contributed by atoms with van der Waals surface area (Å²) in [5.41, 5.74) is 6.24. The number of alkyl halides is 3. The molecule has 78 valence electrons. The largest absolute Gasteiger partial charge is 0.403 e. The minimum absolute atomic E-state index is 0.225. The second-order valence-corrected chi connectivity index (χ2v) is 3.16. The van der Waals surface area contributed by atoms with E-state index in [9.17, 15) is 13.2 Å². The molecule has 1 rings (SSSR count). The number of hydrogen-bond acceptors (Lipinski definition) is 2. The Labute approximate surface area is 79.9 Å². The quantitative estimate of drug-likeness (QED) is 0.798. The van der Waals surface area contributed by atoms with E-state index in [0.717, 1.165) is 5.69 Å². The molecule has 0 aliphatic rings. The maximum atomic E-state index is 12.1. The molecule has 0 spiro atoms. The lowest BCUT2D eigenvalue weighted by Gasteiger charge is -2.14. The highest BCUT2D eigenvalue weighted by Crippen LogP contribution is 2.21. The van der Waals surface area contributed by atoms with Crippen LogP contribution in [0.2, 0.25) is 0 Å². The lowest BCUT2D eigenvalue weighted by molar-refractivity contribution is -0.147. The summed E-state index contributed by atoms with van der Waals surface area (Å²) >= 11 is 0. The van der Waals surface area contributed by atoms with Gasteiger partial charge in [0, 0.05) is 11.9 Å². The number of hydrogen-bond donors (Lipinski definition) is 1. The number of halogens is 3. The molecule has 0 aliphatic carbocycles. The van der Waals surface area contributed by atoms with Gasteiger partial charge in [0.05, 0.1) is 0 Å². The van der Waals surface area contributed by atoms with Crippen LogP contribution in [0.3, 0.4) is 0 Å². The van der Waals surface area contributed by atoms with E-state index in [0.29, 0.717) is 5.56 Å². The van der Waals surface area contributed by atoms with Crippen molar-refractivity contribution in [2.45, 2.75) is 25.6 Å². The second-order valence-electron chi connectivity index (χ2n) is 3.16. The maximum Gasteiger partial charge on any atom is 0.403 e. The van der Waals surface area contributed by atoms with E-state index in [1.54, 1.807) is 19.1 Å².